The molecule has 2 amide bonds. The van der Waals surface area contributed by atoms with Crippen LogP contribution in [0.2, 0.25) is 5.02 Å². The first kappa shape index (κ1) is 19.5. The predicted molar refractivity (Wildman–Crippen MR) is 96.3 cm³/mol. The molecule has 2 rings (SSSR count). The molecule has 1 saturated heterocycles. The van der Waals surface area contributed by atoms with Gasteiger partial charge in [-0.05, 0) is 31.5 Å². The van der Waals surface area contributed by atoms with Gasteiger partial charge in [-0.3, -0.25) is 14.5 Å². The first-order valence-electron chi connectivity index (χ1n) is 8.24. The van der Waals surface area contributed by atoms with E-state index in [2.05, 4.69) is 15.5 Å². The van der Waals surface area contributed by atoms with Crippen LogP contribution in [0.5, 0.6) is 5.75 Å². The van der Waals surface area contributed by atoms with Gasteiger partial charge in [0.2, 0.25) is 0 Å². The summed E-state index contributed by atoms with van der Waals surface area (Å²) in [5.41, 5.74) is 1.20. The molecule has 1 fully saturated rings. The van der Waals surface area contributed by atoms with Gasteiger partial charge in [0, 0.05) is 30.7 Å². The predicted octanol–water partition coefficient (Wildman–Crippen LogP) is 1.43. The average Bonchev–Trinajstić information content (AvgIpc) is 2.62. The standard InChI is InChI=1S/C17H24ClN3O4/c1-12-10-14(15(24-2)11-13(12)18)20-17(23)16(22)19-4-3-5-21-6-8-25-9-7-21/h10-11H,3-9H2,1-2H3,(H,19,22)(H,20,23). The lowest BCUT2D eigenvalue weighted by Gasteiger charge is -2.26. The van der Waals surface area contributed by atoms with E-state index in [1.807, 2.05) is 6.92 Å². The van der Waals surface area contributed by atoms with E-state index in [1.165, 1.54) is 7.11 Å². The number of aryl methyl sites for hydroxylation is 1. The molecule has 1 heterocycles. The molecule has 0 saturated carbocycles. The quantitative estimate of drug-likeness (QED) is 0.586. The molecule has 1 aromatic carbocycles. The number of anilines is 1. The van der Waals surface area contributed by atoms with Gasteiger partial charge in [-0.25, -0.2) is 0 Å². The van der Waals surface area contributed by atoms with Crippen LogP contribution in [-0.4, -0.2) is 63.2 Å². The van der Waals surface area contributed by atoms with Crippen LogP contribution in [0.15, 0.2) is 12.1 Å². The Labute approximate surface area is 152 Å². The molecule has 0 bridgehead atoms. The Morgan fingerprint density at radius 3 is 2.68 bits per heavy atom. The highest BCUT2D eigenvalue weighted by molar-refractivity contribution is 6.40. The number of ether oxygens (including phenoxy) is 2. The summed E-state index contributed by atoms with van der Waals surface area (Å²) in [6.45, 7) is 6.43. The van der Waals surface area contributed by atoms with E-state index in [1.54, 1.807) is 12.1 Å². The summed E-state index contributed by atoms with van der Waals surface area (Å²) in [6, 6.07) is 3.28. The summed E-state index contributed by atoms with van der Waals surface area (Å²) < 4.78 is 10.5. The highest BCUT2D eigenvalue weighted by Gasteiger charge is 2.17. The molecule has 7 nitrogen and oxygen atoms in total. The molecule has 25 heavy (non-hydrogen) atoms. The maximum atomic E-state index is 12.0. The fourth-order valence-electron chi connectivity index (χ4n) is 2.52. The van der Waals surface area contributed by atoms with Gasteiger partial charge in [0.1, 0.15) is 5.75 Å². The Hall–Kier alpha value is -1.83. The summed E-state index contributed by atoms with van der Waals surface area (Å²) in [4.78, 5) is 26.2. The van der Waals surface area contributed by atoms with Crippen molar-refractivity contribution in [2.24, 2.45) is 0 Å². The topological polar surface area (TPSA) is 79.9 Å². The van der Waals surface area contributed by atoms with E-state index in [0.29, 0.717) is 23.0 Å². The van der Waals surface area contributed by atoms with Crippen LogP contribution in [0.3, 0.4) is 0 Å². The number of nitrogens with one attached hydrogen (secondary N) is 2. The zero-order valence-electron chi connectivity index (χ0n) is 14.6. The number of carbonyl (C=O) groups excluding carboxylic acids is 2. The highest BCUT2D eigenvalue weighted by atomic mass is 35.5. The Kier molecular flexibility index (Phi) is 7.49. The number of rotatable bonds is 6. The number of nitrogens with zero attached hydrogens (tertiary/aromatic N) is 1. The number of hydrogen-bond acceptors (Lipinski definition) is 5. The van der Waals surface area contributed by atoms with Crippen LogP contribution in [0.25, 0.3) is 0 Å². The third-order valence-electron chi connectivity index (χ3n) is 3.98. The van der Waals surface area contributed by atoms with Gasteiger partial charge in [0.15, 0.2) is 0 Å². The molecule has 0 spiro atoms. The molecule has 0 aliphatic carbocycles. The molecular formula is C17H24ClN3O4. The molecule has 0 unspecified atom stereocenters. The lowest BCUT2D eigenvalue weighted by atomic mass is 10.2. The van der Waals surface area contributed by atoms with Crippen LogP contribution >= 0.6 is 11.6 Å². The third kappa shape index (κ3) is 5.88. The Bertz CT molecular complexity index is 618. The maximum absolute atomic E-state index is 12.0. The smallest absolute Gasteiger partial charge is 0.313 e. The SMILES string of the molecule is COc1cc(Cl)c(C)cc1NC(=O)C(=O)NCCCN1CCOCC1. The van der Waals surface area contributed by atoms with Crippen molar-refractivity contribution in [2.45, 2.75) is 13.3 Å². The average molecular weight is 370 g/mol. The molecular weight excluding hydrogens is 346 g/mol. The molecule has 1 aliphatic heterocycles. The van der Waals surface area contributed by atoms with Crippen LogP contribution in [0.4, 0.5) is 5.69 Å². The van der Waals surface area contributed by atoms with Crippen molar-refractivity contribution in [1.29, 1.82) is 0 Å². The molecule has 2 N–H and O–H groups in total. The summed E-state index contributed by atoms with van der Waals surface area (Å²) in [5, 5.41) is 5.72. The molecule has 0 atom stereocenters. The fraction of sp³-hybridized carbons (Fsp3) is 0.529. The minimum absolute atomic E-state index is 0.407. The molecule has 8 heteroatoms. The van der Waals surface area contributed by atoms with Gasteiger partial charge in [-0.2, -0.15) is 0 Å². The molecule has 1 aromatic rings. The van der Waals surface area contributed by atoms with Gasteiger partial charge in [0.05, 0.1) is 26.0 Å². The van der Waals surface area contributed by atoms with Gasteiger partial charge < -0.3 is 20.1 Å². The van der Waals surface area contributed by atoms with E-state index in [0.717, 1.165) is 44.8 Å². The van der Waals surface area contributed by atoms with Gasteiger partial charge in [-0.1, -0.05) is 11.6 Å². The van der Waals surface area contributed by atoms with Gasteiger partial charge in [0.25, 0.3) is 0 Å². The Morgan fingerprint density at radius 1 is 1.28 bits per heavy atom. The van der Waals surface area contributed by atoms with Gasteiger partial charge >= 0.3 is 11.8 Å². The summed E-state index contributed by atoms with van der Waals surface area (Å²) in [5.74, 6) is -0.993. The summed E-state index contributed by atoms with van der Waals surface area (Å²) >= 11 is 6.03. The molecule has 138 valence electrons. The number of benzene rings is 1. The van der Waals surface area contributed by atoms with E-state index in [-0.39, 0.29) is 0 Å². The van der Waals surface area contributed by atoms with E-state index in [4.69, 9.17) is 21.1 Å². The largest absolute Gasteiger partial charge is 0.495 e. The van der Waals surface area contributed by atoms with Crippen molar-refractivity contribution < 1.29 is 19.1 Å². The first-order valence-corrected chi connectivity index (χ1v) is 8.62. The summed E-state index contributed by atoms with van der Waals surface area (Å²) in [6.07, 6.45) is 0.780. The second-order valence-electron chi connectivity index (χ2n) is 5.82. The monoisotopic (exact) mass is 369 g/mol. The van der Waals surface area contributed by atoms with Crippen molar-refractivity contribution in [3.05, 3.63) is 22.7 Å². The van der Waals surface area contributed by atoms with Crippen LogP contribution in [0, 0.1) is 6.92 Å². The van der Waals surface area contributed by atoms with Crippen LogP contribution < -0.4 is 15.4 Å². The Morgan fingerprint density at radius 2 is 2.00 bits per heavy atom. The zero-order chi connectivity index (χ0) is 18.2. The number of carbonyl (C=O) groups is 2. The second kappa shape index (κ2) is 9.60. The van der Waals surface area contributed by atoms with E-state index < -0.39 is 11.8 Å². The van der Waals surface area contributed by atoms with E-state index >= 15 is 0 Å². The van der Waals surface area contributed by atoms with Gasteiger partial charge in [-0.15, -0.1) is 0 Å². The first-order chi connectivity index (χ1) is 12.0. The van der Waals surface area contributed by atoms with Crippen LogP contribution in [-0.2, 0) is 14.3 Å². The van der Waals surface area contributed by atoms with Crippen molar-refractivity contribution in [3.8, 4) is 5.75 Å². The fourth-order valence-corrected chi connectivity index (χ4v) is 2.67. The number of hydrogen-bond donors (Lipinski definition) is 2. The van der Waals surface area contributed by atoms with Crippen molar-refractivity contribution in [3.63, 3.8) is 0 Å². The minimum Gasteiger partial charge on any atom is -0.495 e. The second-order valence-corrected chi connectivity index (χ2v) is 6.23. The Balaban J connectivity index is 1.78. The van der Waals surface area contributed by atoms with Crippen LogP contribution in [0.1, 0.15) is 12.0 Å². The lowest BCUT2D eigenvalue weighted by molar-refractivity contribution is -0.136. The lowest BCUT2D eigenvalue weighted by Crippen LogP contribution is -2.39. The molecule has 0 aromatic heterocycles. The minimum atomic E-state index is -0.730. The van der Waals surface area contributed by atoms with Crippen molar-refractivity contribution in [1.82, 2.24) is 10.2 Å². The number of amides is 2. The number of methoxy groups -OCH3 is 1. The number of morpholine rings is 1. The van der Waals surface area contributed by atoms with E-state index in [9.17, 15) is 9.59 Å². The maximum Gasteiger partial charge on any atom is 0.313 e. The van der Waals surface area contributed by atoms with Crippen molar-refractivity contribution in [2.75, 3.05) is 51.8 Å². The van der Waals surface area contributed by atoms with Crippen molar-refractivity contribution >= 4 is 29.1 Å². The number of halogens is 1. The molecule has 0 radical (unpaired) electrons. The third-order valence-corrected chi connectivity index (χ3v) is 4.38. The summed E-state index contributed by atoms with van der Waals surface area (Å²) in [7, 11) is 1.47. The molecule has 1 aliphatic rings. The normalized spacial score (nSPS) is 14.8. The zero-order valence-corrected chi connectivity index (χ0v) is 15.3. The highest BCUT2D eigenvalue weighted by Crippen LogP contribution is 2.30.